The van der Waals surface area contributed by atoms with Gasteiger partial charge in [0.25, 0.3) is 11.5 Å². The lowest BCUT2D eigenvalue weighted by Gasteiger charge is -2.36. The first kappa shape index (κ1) is 20.3. The largest absolute Gasteiger partial charge is 0.368 e. The number of hydrogen-bond acceptors (Lipinski definition) is 5. The summed E-state index contributed by atoms with van der Waals surface area (Å²) in [7, 11) is 0. The van der Waals surface area contributed by atoms with Gasteiger partial charge in [-0.05, 0) is 36.2 Å². The van der Waals surface area contributed by atoms with Crippen LogP contribution in [0.5, 0.6) is 0 Å². The normalized spacial score (nSPS) is 14.5. The van der Waals surface area contributed by atoms with Crippen LogP contribution in [0.15, 0.2) is 47.4 Å². The Bertz CT molecular complexity index is 1140. The van der Waals surface area contributed by atoms with Gasteiger partial charge in [0.2, 0.25) is 0 Å². The fourth-order valence-corrected chi connectivity index (χ4v) is 3.92. The van der Waals surface area contributed by atoms with Gasteiger partial charge < -0.3 is 9.80 Å². The molecule has 0 aliphatic carbocycles. The van der Waals surface area contributed by atoms with E-state index in [0.29, 0.717) is 48.9 Å². The highest BCUT2D eigenvalue weighted by Gasteiger charge is 2.27. The molecule has 4 rings (SSSR count). The molecule has 0 spiro atoms. The van der Waals surface area contributed by atoms with E-state index in [-0.39, 0.29) is 23.1 Å². The van der Waals surface area contributed by atoms with E-state index in [1.165, 1.54) is 0 Å². The summed E-state index contributed by atoms with van der Waals surface area (Å²) in [4.78, 5) is 38.9. The van der Waals surface area contributed by atoms with Crippen molar-refractivity contribution in [2.75, 3.05) is 31.1 Å². The fourth-order valence-electron chi connectivity index (χ4n) is 3.74. The van der Waals surface area contributed by atoms with Gasteiger partial charge in [-0.25, -0.2) is 9.97 Å². The second kappa shape index (κ2) is 8.44. The number of benzene rings is 1. The van der Waals surface area contributed by atoms with Crippen LogP contribution in [0.2, 0.25) is 5.02 Å². The minimum atomic E-state index is -0.378. The average Bonchev–Trinajstić information content (AvgIpc) is 2.75. The molecule has 8 heteroatoms. The summed E-state index contributed by atoms with van der Waals surface area (Å²) < 4.78 is 1.57. The minimum Gasteiger partial charge on any atom is -0.368 e. The van der Waals surface area contributed by atoms with Crippen LogP contribution in [0.4, 0.5) is 5.69 Å². The Hall–Kier alpha value is -2.93. The molecular weight excluding hydrogens is 402 g/mol. The smallest absolute Gasteiger partial charge is 0.283 e. The number of halogens is 1. The van der Waals surface area contributed by atoms with Gasteiger partial charge in [0.15, 0.2) is 11.3 Å². The summed E-state index contributed by atoms with van der Waals surface area (Å²) in [5.41, 5.74) is 1.69. The number of anilines is 1. The van der Waals surface area contributed by atoms with Crippen LogP contribution < -0.4 is 10.5 Å². The molecule has 0 radical (unpaired) electrons. The van der Waals surface area contributed by atoms with E-state index in [4.69, 9.17) is 11.6 Å². The third-order valence-electron chi connectivity index (χ3n) is 5.19. The van der Waals surface area contributed by atoms with Gasteiger partial charge in [0.05, 0.1) is 0 Å². The summed E-state index contributed by atoms with van der Waals surface area (Å²) in [5.74, 6) is -0.0893. The van der Waals surface area contributed by atoms with Crippen LogP contribution in [0.1, 0.15) is 24.3 Å². The molecule has 7 nitrogen and oxygen atoms in total. The predicted molar refractivity (Wildman–Crippen MR) is 118 cm³/mol. The molecular formula is C22H24ClN5O2. The van der Waals surface area contributed by atoms with Crippen LogP contribution in [0, 0.1) is 5.92 Å². The van der Waals surface area contributed by atoms with E-state index in [9.17, 15) is 9.59 Å². The van der Waals surface area contributed by atoms with E-state index in [1.807, 2.05) is 38.1 Å². The highest BCUT2D eigenvalue weighted by atomic mass is 35.5. The highest BCUT2D eigenvalue weighted by Crippen LogP contribution is 2.21. The Kier molecular flexibility index (Phi) is 5.72. The molecule has 0 unspecified atom stereocenters. The van der Waals surface area contributed by atoms with E-state index < -0.39 is 0 Å². The van der Waals surface area contributed by atoms with Crippen molar-refractivity contribution in [1.82, 2.24) is 19.4 Å². The third kappa shape index (κ3) is 4.03. The van der Waals surface area contributed by atoms with Crippen molar-refractivity contribution in [2.24, 2.45) is 5.92 Å². The summed E-state index contributed by atoms with van der Waals surface area (Å²) in [6.07, 6.45) is 1.64. The molecule has 156 valence electrons. The number of rotatable bonds is 4. The van der Waals surface area contributed by atoms with Crippen molar-refractivity contribution in [2.45, 2.75) is 20.4 Å². The number of fused-ring (bicyclic) bond motifs is 1. The van der Waals surface area contributed by atoms with Crippen molar-refractivity contribution in [3.63, 3.8) is 0 Å². The summed E-state index contributed by atoms with van der Waals surface area (Å²) >= 11 is 6.10. The number of carbonyl (C=O) groups is 1. The Morgan fingerprint density at radius 3 is 2.60 bits per heavy atom. The Balaban J connectivity index is 1.59. The van der Waals surface area contributed by atoms with Crippen molar-refractivity contribution in [1.29, 1.82) is 0 Å². The molecule has 0 saturated carbocycles. The molecule has 0 N–H and O–H groups in total. The van der Waals surface area contributed by atoms with Crippen molar-refractivity contribution in [3.05, 3.63) is 63.7 Å². The zero-order chi connectivity index (χ0) is 21.3. The van der Waals surface area contributed by atoms with Crippen molar-refractivity contribution in [3.8, 4) is 0 Å². The van der Waals surface area contributed by atoms with E-state index in [2.05, 4.69) is 14.9 Å². The molecule has 1 aliphatic rings. The first-order valence-electron chi connectivity index (χ1n) is 10.1. The first-order chi connectivity index (χ1) is 14.4. The van der Waals surface area contributed by atoms with Gasteiger partial charge in [-0.15, -0.1) is 0 Å². The molecule has 1 aromatic carbocycles. The number of carbonyl (C=O) groups excluding carboxylic acids is 1. The van der Waals surface area contributed by atoms with Crippen LogP contribution in [0.25, 0.3) is 11.2 Å². The lowest BCUT2D eigenvalue weighted by atomic mass is 10.2. The van der Waals surface area contributed by atoms with Crippen LogP contribution in [-0.4, -0.2) is 51.5 Å². The second-order valence-corrected chi connectivity index (χ2v) is 8.31. The zero-order valence-electron chi connectivity index (χ0n) is 17.1. The topological polar surface area (TPSA) is 71.3 Å². The Labute approximate surface area is 179 Å². The molecule has 3 heterocycles. The third-order valence-corrected chi connectivity index (χ3v) is 5.43. The molecule has 1 fully saturated rings. The number of amides is 1. The lowest BCUT2D eigenvalue weighted by molar-refractivity contribution is 0.0738. The molecule has 3 aromatic rings. The number of piperazine rings is 1. The molecule has 30 heavy (non-hydrogen) atoms. The summed E-state index contributed by atoms with van der Waals surface area (Å²) in [6.45, 7) is 6.90. The maximum atomic E-state index is 13.2. The zero-order valence-corrected chi connectivity index (χ0v) is 17.8. The van der Waals surface area contributed by atoms with Gasteiger partial charge in [-0.3, -0.25) is 14.2 Å². The maximum absolute atomic E-state index is 13.2. The quantitative estimate of drug-likeness (QED) is 0.642. The SMILES string of the molecule is CC(C)Cn1c(=O)c(C(=O)N2CCN(c3cccc(Cl)c3)CC2)nc2cccnc21. The average molecular weight is 426 g/mol. The predicted octanol–water partition coefficient (Wildman–Crippen LogP) is 3.06. The number of pyridine rings is 1. The molecule has 1 aliphatic heterocycles. The van der Waals surface area contributed by atoms with Crippen LogP contribution in [-0.2, 0) is 6.54 Å². The maximum Gasteiger partial charge on any atom is 0.283 e. The molecule has 1 saturated heterocycles. The Morgan fingerprint density at radius 2 is 1.90 bits per heavy atom. The summed E-state index contributed by atoms with van der Waals surface area (Å²) in [5, 5.41) is 0.686. The number of aromatic nitrogens is 3. The summed E-state index contributed by atoms with van der Waals surface area (Å²) in [6, 6.07) is 11.2. The minimum absolute atomic E-state index is 0.0349. The van der Waals surface area contributed by atoms with Crippen LogP contribution in [0.3, 0.4) is 0 Å². The van der Waals surface area contributed by atoms with E-state index >= 15 is 0 Å². The standard InChI is InChI=1S/C22H24ClN5O2/c1-15(2)14-28-20-18(7-4-8-24-20)25-19(22(28)30)21(29)27-11-9-26(10-12-27)17-6-3-5-16(23)13-17/h3-8,13,15H,9-12,14H2,1-2H3. The van der Waals surface area contributed by atoms with Gasteiger partial charge in [0, 0.05) is 49.6 Å². The van der Waals surface area contributed by atoms with Crippen molar-refractivity contribution >= 4 is 34.4 Å². The van der Waals surface area contributed by atoms with E-state index in [1.54, 1.807) is 27.8 Å². The Morgan fingerprint density at radius 1 is 1.13 bits per heavy atom. The van der Waals surface area contributed by atoms with Gasteiger partial charge in [-0.2, -0.15) is 0 Å². The van der Waals surface area contributed by atoms with Crippen molar-refractivity contribution < 1.29 is 4.79 Å². The highest BCUT2D eigenvalue weighted by molar-refractivity contribution is 6.30. The van der Waals surface area contributed by atoms with Gasteiger partial charge in [0.1, 0.15) is 5.52 Å². The monoisotopic (exact) mass is 425 g/mol. The number of nitrogens with zero attached hydrogens (tertiary/aromatic N) is 5. The number of hydrogen-bond donors (Lipinski definition) is 0. The molecule has 1 amide bonds. The fraction of sp³-hybridized carbons (Fsp3) is 0.364. The molecule has 0 atom stereocenters. The van der Waals surface area contributed by atoms with E-state index in [0.717, 1.165) is 5.69 Å². The molecule has 0 bridgehead atoms. The van der Waals surface area contributed by atoms with Gasteiger partial charge >= 0.3 is 0 Å². The first-order valence-corrected chi connectivity index (χ1v) is 10.5. The molecule has 2 aromatic heterocycles. The lowest BCUT2D eigenvalue weighted by Crippen LogP contribution is -2.50. The second-order valence-electron chi connectivity index (χ2n) is 7.88. The van der Waals surface area contributed by atoms with Gasteiger partial charge in [-0.1, -0.05) is 31.5 Å². The van der Waals surface area contributed by atoms with Crippen LogP contribution >= 0.6 is 11.6 Å².